The topological polar surface area (TPSA) is 277 Å². The number of hydrogen-bond acceptors (Lipinski definition) is 19. The van der Waals surface area contributed by atoms with Crippen LogP contribution in [0.5, 0.6) is 23.0 Å². The second kappa shape index (κ2) is 22.9. The molecule has 21 heteroatoms. The van der Waals surface area contributed by atoms with Crippen molar-refractivity contribution in [3.8, 4) is 23.0 Å². The number of likely N-dealkylation sites (N-methyl/N-ethyl adjacent to an activating group) is 1. The Morgan fingerprint density at radius 3 is 2.04 bits per heavy atom. The zero-order valence-electron chi connectivity index (χ0n) is 47.3. The Hall–Kier alpha value is -4.75. The average molecular weight is 1120 g/mol. The van der Waals surface area contributed by atoms with Gasteiger partial charge in [0.2, 0.25) is 0 Å². The molecule has 3 aromatic rings. The third-order valence-corrected chi connectivity index (χ3v) is 17.7. The number of methoxy groups -OCH3 is 1. The Kier molecular flexibility index (Phi) is 17.5. The summed E-state index contributed by atoms with van der Waals surface area (Å²) in [5, 5.41) is 88.4. The van der Waals surface area contributed by atoms with E-state index in [1.807, 2.05) is 32.8 Å². The molecule has 0 amide bonds. The van der Waals surface area contributed by atoms with Crippen LogP contribution in [0.15, 0.2) is 54.6 Å². The van der Waals surface area contributed by atoms with E-state index in [0.717, 1.165) is 0 Å². The summed E-state index contributed by atoms with van der Waals surface area (Å²) in [4.78, 5) is 30.6. The molecule has 20 nitrogen and oxygen atoms in total. The van der Waals surface area contributed by atoms with Crippen molar-refractivity contribution in [2.45, 2.75) is 191 Å². The van der Waals surface area contributed by atoms with Crippen molar-refractivity contribution in [3.63, 3.8) is 0 Å². The lowest BCUT2D eigenvalue weighted by atomic mass is 9.72. The van der Waals surface area contributed by atoms with E-state index in [1.165, 1.54) is 38.3 Å². The molecule has 0 saturated carbocycles. The summed E-state index contributed by atoms with van der Waals surface area (Å²) in [5.41, 5.74) is -4.58. The Bertz CT molecular complexity index is 2670. The van der Waals surface area contributed by atoms with E-state index in [-0.39, 0.29) is 65.1 Å². The number of phenols is 2. The lowest BCUT2D eigenvalue weighted by molar-refractivity contribution is -0.318. The number of aliphatic hydroxyl groups is 5. The zero-order chi connectivity index (χ0) is 58.0. The van der Waals surface area contributed by atoms with Crippen molar-refractivity contribution in [1.29, 1.82) is 0 Å². The largest absolute Gasteiger partial charge is 0.508 e. The molecule has 3 fully saturated rings. The van der Waals surface area contributed by atoms with Crippen molar-refractivity contribution in [3.05, 3.63) is 76.9 Å². The van der Waals surface area contributed by atoms with Gasteiger partial charge < -0.3 is 89.2 Å². The van der Waals surface area contributed by atoms with Gasteiger partial charge in [-0.25, -0.2) is 4.79 Å². The van der Waals surface area contributed by atoms with Gasteiger partial charge in [-0.3, -0.25) is 4.79 Å². The van der Waals surface area contributed by atoms with Crippen LogP contribution in [0, 0.1) is 23.7 Å². The zero-order valence-corrected chi connectivity index (χ0v) is 48.1. The van der Waals surface area contributed by atoms with Crippen LogP contribution >= 0.6 is 12.2 Å². The average Bonchev–Trinajstić information content (AvgIpc) is 3.75. The van der Waals surface area contributed by atoms with Crippen molar-refractivity contribution >= 4 is 35.0 Å². The number of nitrogens with one attached hydrogen (secondary N) is 2. The Labute approximate surface area is 467 Å². The van der Waals surface area contributed by atoms with Gasteiger partial charge in [-0.1, -0.05) is 33.8 Å². The summed E-state index contributed by atoms with van der Waals surface area (Å²) in [5.74, 6) is -4.71. The maximum absolute atomic E-state index is 14.7. The third-order valence-electron chi connectivity index (χ3n) is 17.4. The van der Waals surface area contributed by atoms with E-state index in [0.29, 0.717) is 28.8 Å². The summed E-state index contributed by atoms with van der Waals surface area (Å²) in [6.07, 6.45) is -10.3. The van der Waals surface area contributed by atoms with Crippen LogP contribution in [0.1, 0.15) is 122 Å². The molecule has 0 aliphatic carbocycles. The molecular weight excluding hydrogens is 1040 g/mol. The number of aliphatic hydroxyl groups excluding tert-OH is 3. The van der Waals surface area contributed by atoms with Crippen LogP contribution in [-0.4, -0.2) is 169 Å². The number of nitrogens with zero attached hydrogens (tertiary/aromatic N) is 1. The van der Waals surface area contributed by atoms with E-state index in [2.05, 4.69) is 10.6 Å². The highest BCUT2D eigenvalue weighted by Gasteiger charge is 2.56. The summed E-state index contributed by atoms with van der Waals surface area (Å²) >= 11 is 6.02. The molecule has 19 atom stereocenters. The molecule has 9 N–H and O–H groups in total. The van der Waals surface area contributed by atoms with Crippen molar-refractivity contribution < 1.29 is 83.2 Å². The molecule has 0 unspecified atom stereocenters. The standard InChI is InChI=1S/C58H81N3O17S/c1-14-43-57(10,70)48(65)29(4)45(60-54(79)59-33-15-18-37-36(22-33)52(68)78-58(37)38-19-16-34(62)23-41(38)74-42-24-35(63)17-20-39(42)58)27(2)25-55(8,69)50(77-53-46(64)40(61(11)12)21-28(3)72-53)30(5)47(31(6)51(67)75-43)76-44-26-56(9,71-13)49(66)32(7)73-44/h15-20,22-24,27-32,40,43-50,53,62-66,69-70H,14,21,25-26H2,1-13H3,(H2,59,60,79)/t27-,28-,29+,30+,31-,32+,40+,43-,44+,45+,46-,47+,48-,49+,50-,53+,55-,56-,57-/m1/s1. The molecule has 436 valence electrons. The highest BCUT2D eigenvalue weighted by atomic mass is 32.1. The number of hydrogen-bond donors (Lipinski definition) is 9. The lowest BCUT2D eigenvalue weighted by Crippen LogP contribution is -2.62. The minimum Gasteiger partial charge on any atom is -0.508 e. The van der Waals surface area contributed by atoms with Gasteiger partial charge in [0.25, 0.3) is 0 Å². The lowest BCUT2D eigenvalue weighted by Gasteiger charge is -2.49. The number of fused-ring (bicyclic) bond motifs is 6. The van der Waals surface area contributed by atoms with Crippen LogP contribution in [-0.2, 0) is 43.6 Å². The third kappa shape index (κ3) is 11.4. The van der Waals surface area contributed by atoms with Gasteiger partial charge in [0.05, 0.1) is 53.2 Å². The van der Waals surface area contributed by atoms with Crippen molar-refractivity contribution in [2.75, 3.05) is 26.5 Å². The quantitative estimate of drug-likeness (QED) is 0.0938. The number of benzene rings is 3. The number of thiocarbonyl (C=S) groups is 1. The Morgan fingerprint density at radius 1 is 0.823 bits per heavy atom. The van der Waals surface area contributed by atoms with E-state index in [4.69, 9.17) is 50.1 Å². The van der Waals surface area contributed by atoms with Gasteiger partial charge in [-0.15, -0.1) is 0 Å². The summed E-state index contributed by atoms with van der Waals surface area (Å²) in [7, 11) is 5.18. The Morgan fingerprint density at radius 2 is 1.44 bits per heavy atom. The molecule has 0 radical (unpaired) electrons. The Balaban J connectivity index is 1.15. The summed E-state index contributed by atoms with van der Waals surface area (Å²) in [6.45, 7) is 17.0. The fraction of sp³-hybridized carbons (Fsp3) is 0.638. The van der Waals surface area contributed by atoms with Gasteiger partial charge in [-0.2, -0.15) is 0 Å². The van der Waals surface area contributed by atoms with E-state index in [9.17, 15) is 45.3 Å². The molecule has 0 bridgehead atoms. The van der Waals surface area contributed by atoms with Gasteiger partial charge >= 0.3 is 11.9 Å². The van der Waals surface area contributed by atoms with Crippen LogP contribution in [0.3, 0.4) is 0 Å². The first-order chi connectivity index (χ1) is 37.0. The fourth-order valence-corrected chi connectivity index (χ4v) is 13.2. The van der Waals surface area contributed by atoms with Crippen LogP contribution in [0.4, 0.5) is 5.69 Å². The molecule has 5 aliphatic heterocycles. The molecule has 0 aromatic heterocycles. The second-order valence-electron chi connectivity index (χ2n) is 23.6. The maximum Gasteiger partial charge on any atom is 0.340 e. The first-order valence-electron chi connectivity index (χ1n) is 27.3. The van der Waals surface area contributed by atoms with E-state index in [1.54, 1.807) is 78.8 Å². The van der Waals surface area contributed by atoms with Gasteiger partial charge in [0.1, 0.15) is 46.9 Å². The number of rotatable bonds is 9. The fourth-order valence-electron chi connectivity index (χ4n) is 13.0. The minimum atomic E-state index is -2.06. The summed E-state index contributed by atoms with van der Waals surface area (Å²) < 4.78 is 50.7. The normalized spacial score (nSPS) is 38.6. The molecular formula is C58H81N3O17S. The first-order valence-corrected chi connectivity index (χ1v) is 27.7. The second-order valence-corrected chi connectivity index (χ2v) is 24.0. The first kappa shape index (κ1) is 60.3. The number of anilines is 1. The monoisotopic (exact) mass is 1120 g/mol. The number of esters is 2. The van der Waals surface area contributed by atoms with Gasteiger partial charge in [-0.05, 0) is 129 Å². The predicted molar refractivity (Wildman–Crippen MR) is 292 cm³/mol. The number of ether oxygens (including phenoxy) is 8. The highest BCUT2D eigenvalue weighted by Crippen LogP contribution is 2.57. The van der Waals surface area contributed by atoms with E-state index < -0.39 is 119 Å². The molecule has 1 spiro atoms. The number of aromatic hydroxyl groups is 2. The minimum absolute atomic E-state index is 0.0456. The van der Waals surface area contributed by atoms with Crippen LogP contribution < -0.4 is 15.4 Å². The molecule has 79 heavy (non-hydrogen) atoms. The molecule has 5 heterocycles. The van der Waals surface area contributed by atoms with E-state index >= 15 is 0 Å². The number of carbonyl (C=O) groups excluding carboxylic acids is 2. The molecule has 8 rings (SSSR count). The smallest absolute Gasteiger partial charge is 0.340 e. The summed E-state index contributed by atoms with van der Waals surface area (Å²) in [6, 6.07) is 12.7. The maximum atomic E-state index is 14.7. The van der Waals surface area contributed by atoms with Crippen molar-refractivity contribution in [1.82, 2.24) is 10.2 Å². The SMILES string of the molecule is CC[C@H]1OC(=O)[C@H](C)[C@@H](O[C@H]2C[C@@](C)(OC)[C@@H](O)[C@H](C)O2)[C@H](C)[C@@H](O[C@@H]2O[C@H](C)C[C@H](N(C)C)[C@H]2O)[C@](C)(O)C[C@@H](C)[C@H](NC(=S)Nc2ccc3c(c2)C(=O)OC32c3ccc(O)cc3Oc3cc(O)ccc32)[C@H](C)[C@@H](O)[C@]1(C)O. The highest BCUT2D eigenvalue weighted by molar-refractivity contribution is 7.80. The number of cyclic esters (lactones) is 1. The molecule has 5 aliphatic rings. The predicted octanol–water partition coefficient (Wildman–Crippen LogP) is 5.55. The molecule has 3 saturated heterocycles. The van der Waals surface area contributed by atoms with Crippen LogP contribution in [0.25, 0.3) is 0 Å². The number of carbonyl (C=O) groups is 2. The van der Waals surface area contributed by atoms with Gasteiger partial charge in [0.15, 0.2) is 23.3 Å². The van der Waals surface area contributed by atoms with Gasteiger partial charge in [0, 0.05) is 72.0 Å². The van der Waals surface area contributed by atoms with Crippen LogP contribution in [0.2, 0.25) is 0 Å². The molecule has 3 aromatic carbocycles. The van der Waals surface area contributed by atoms with Crippen molar-refractivity contribution in [2.24, 2.45) is 23.7 Å². The number of phenolic OH excluding ortho intramolecular Hbond substituents is 2.